The van der Waals surface area contributed by atoms with Gasteiger partial charge in [0.05, 0.1) is 0 Å². The largest absolute Gasteiger partial charge is 0.338 e. The molecule has 2 aromatic heterocycles. The molecule has 1 amide bonds. The zero-order valence-corrected chi connectivity index (χ0v) is 10.1. The Bertz CT molecular complexity index is 664. The molecule has 0 aromatic carbocycles. The van der Waals surface area contributed by atoms with Crippen LogP contribution in [-0.4, -0.2) is 38.5 Å². The van der Waals surface area contributed by atoms with E-state index in [1.54, 1.807) is 18.0 Å². The van der Waals surface area contributed by atoms with Crippen molar-refractivity contribution in [3.63, 3.8) is 0 Å². The first-order valence-corrected chi connectivity index (χ1v) is 6.04. The Hall–Kier alpha value is -2.11. The van der Waals surface area contributed by atoms with Crippen molar-refractivity contribution in [1.29, 1.82) is 0 Å². The van der Waals surface area contributed by atoms with Gasteiger partial charge >= 0.3 is 0 Å². The molecule has 1 aliphatic heterocycles. The molecule has 2 aromatic rings. The topological polar surface area (TPSA) is 70.5 Å². The van der Waals surface area contributed by atoms with E-state index in [4.69, 9.17) is 0 Å². The van der Waals surface area contributed by atoms with Gasteiger partial charge in [0.15, 0.2) is 5.65 Å². The lowest BCUT2D eigenvalue weighted by molar-refractivity contribution is 0.0794. The molecule has 3 rings (SSSR count). The lowest BCUT2D eigenvalue weighted by Crippen LogP contribution is -2.27. The molecule has 1 N–H and O–H groups in total. The van der Waals surface area contributed by atoms with Crippen LogP contribution in [0, 0.1) is 6.92 Å². The molecule has 18 heavy (non-hydrogen) atoms. The first kappa shape index (κ1) is 11.0. The number of hydrogen-bond donors (Lipinski definition) is 1. The number of carbonyl (C=O) groups is 1. The van der Waals surface area contributed by atoms with Gasteiger partial charge in [0.25, 0.3) is 11.5 Å². The fourth-order valence-corrected chi connectivity index (χ4v) is 2.34. The minimum absolute atomic E-state index is 0.0521. The molecule has 1 saturated heterocycles. The maximum atomic E-state index is 12.3. The highest BCUT2D eigenvalue weighted by Gasteiger charge is 2.23. The van der Waals surface area contributed by atoms with Gasteiger partial charge in [0.2, 0.25) is 0 Å². The average molecular weight is 246 g/mol. The summed E-state index contributed by atoms with van der Waals surface area (Å²) in [7, 11) is 0. The lowest BCUT2D eigenvalue weighted by Gasteiger charge is -2.13. The maximum Gasteiger partial charge on any atom is 0.272 e. The third kappa shape index (κ3) is 1.61. The number of nitrogens with zero attached hydrogens (tertiary/aromatic N) is 3. The number of amides is 1. The highest BCUT2D eigenvalue weighted by molar-refractivity contribution is 5.99. The van der Waals surface area contributed by atoms with Gasteiger partial charge in [0.1, 0.15) is 5.56 Å². The maximum absolute atomic E-state index is 12.3. The van der Waals surface area contributed by atoms with Gasteiger partial charge in [-0.25, -0.2) is 9.50 Å². The number of aryl methyl sites for hydroxylation is 1. The van der Waals surface area contributed by atoms with Gasteiger partial charge in [-0.2, -0.15) is 0 Å². The monoisotopic (exact) mass is 246 g/mol. The Morgan fingerprint density at radius 1 is 1.39 bits per heavy atom. The first-order valence-electron chi connectivity index (χ1n) is 6.04. The van der Waals surface area contributed by atoms with Crippen LogP contribution >= 0.6 is 0 Å². The van der Waals surface area contributed by atoms with Crippen LogP contribution in [0.2, 0.25) is 0 Å². The fourth-order valence-electron chi connectivity index (χ4n) is 2.34. The van der Waals surface area contributed by atoms with Gasteiger partial charge in [-0.3, -0.25) is 14.7 Å². The second-order valence-electron chi connectivity index (χ2n) is 4.58. The molecule has 6 heteroatoms. The fraction of sp³-hybridized carbons (Fsp3) is 0.417. The van der Waals surface area contributed by atoms with Crippen molar-refractivity contribution in [2.45, 2.75) is 19.8 Å². The Morgan fingerprint density at radius 2 is 2.11 bits per heavy atom. The second-order valence-corrected chi connectivity index (χ2v) is 4.58. The van der Waals surface area contributed by atoms with Crippen LogP contribution in [0.15, 0.2) is 17.1 Å². The molecular formula is C12H14N4O2. The highest BCUT2D eigenvalue weighted by Crippen LogP contribution is 2.15. The summed E-state index contributed by atoms with van der Waals surface area (Å²) in [6.07, 6.45) is 3.64. The van der Waals surface area contributed by atoms with E-state index >= 15 is 0 Å². The summed E-state index contributed by atoms with van der Waals surface area (Å²) in [6, 6.07) is 1.44. The number of aromatic nitrogens is 3. The number of fused-ring (bicyclic) bond motifs is 1. The normalized spacial score (nSPS) is 15.5. The molecule has 3 heterocycles. The molecule has 0 aliphatic carbocycles. The van der Waals surface area contributed by atoms with Gasteiger partial charge < -0.3 is 4.90 Å². The summed E-state index contributed by atoms with van der Waals surface area (Å²) in [5.41, 5.74) is 1.31. The van der Waals surface area contributed by atoms with Crippen LogP contribution in [0.1, 0.15) is 28.9 Å². The molecule has 0 spiro atoms. The Kier molecular flexibility index (Phi) is 2.43. The molecule has 0 unspecified atom stereocenters. The van der Waals surface area contributed by atoms with Gasteiger partial charge in [-0.05, 0) is 19.8 Å². The van der Waals surface area contributed by atoms with Crippen molar-refractivity contribution in [3.8, 4) is 0 Å². The molecule has 1 aliphatic rings. The molecule has 0 atom stereocenters. The van der Waals surface area contributed by atoms with Gasteiger partial charge in [-0.15, -0.1) is 0 Å². The third-order valence-electron chi connectivity index (χ3n) is 3.25. The smallest absolute Gasteiger partial charge is 0.272 e. The van der Waals surface area contributed by atoms with Crippen molar-refractivity contribution in [1.82, 2.24) is 19.5 Å². The summed E-state index contributed by atoms with van der Waals surface area (Å²) in [4.78, 5) is 30.1. The van der Waals surface area contributed by atoms with Crippen molar-refractivity contribution in [2.24, 2.45) is 0 Å². The second kappa shape index (κ2) is 3.97. The van der Waals surface area contributed by atoms with E-state index < -0.39 is 0 Å². The minimum atomic E-state index is -0.196. The van der Waals surface area contributed by atoms with Crippen LogP contribution < -0.4 is 5.56 Å². The van der Waals surface area contributed by atoms with Crippen LogP contribution in [0.3, 0.4) is 0 Å². The summed E-state index contributed by atoms with van der Waals surface area (Å²) in [6.45, 7) is 3.32. The summed E-state index contributed by atoms with van der Waals surface area (Å²) >= 11 is 0. The number of rotatable bonds is 1. The molecule has 94 valence electrons. The predicted molar refractivity (Wildman–Crippen MR) is 65.7 cm³/mol. The van der Waals surface area contributed by atoms with Crippen molar-refractivity contribution in [3.05, 3.63) is 33.9 Å². The van der Waals surface area contributed by atoms with Gasteiger partial charge in [-0.1, -0.05) is 0 Å². The van der Waals surface area contributed by atoms with E-state index in [1.807, 2.05) is 0 Å². The predicted octanol–water partition coefficient (Wildman–Crippen LogP) is 0.567. The van der Waals surface area contributed by atoms with E-state index in [9.17, 15) is 9.59 Å². The van der Waals surface area contributed by atoms with E-state index in [2.05, 4.69) is 10.1 Å². The number of hydrogen-bond acceptors (Lipinski definition) is 3. The lowest BCUT2D eigenvalue weighted by atomic mass is 10.3. The minimum Gasteiger partial charge on any atom is -0.338 e. The molecule has 1 fully saturated rings. The Morgan fingerprint density at radius 3 is 2.83 bits per heavy atom. The number of carbonyl (C=O) groups excluding carboxylic acids is 1. The number of nitrogens with one attached hydrogen (secondary N) is 1. The Balaban J connectivity index is 2.12. The number of H-pyrrole nitrogens is 1. The van der Waals surface area contributed by atoms with E-state index in [-0.39, 0.29) is 11.5 Å². The molecule has 0 saturated carbocycles. The van der Waals surface area contributed by atoms with Crippen LogP contribution in [0.25, 0.3) is 5.65 Å². The number of aromatic amines is 1. The first-order chi connectivity index (χ1) is 8.66. The number of likely N-dealkylation sites (tertiary alicyclic amines) is 1. The molecule has 0 radical (unpaired) electrons. The standard InChI is InChI=1S/C12H14N4O2/c1-8-6-10(17)16-11(14-8)9(7-13-16)12(18)15-4-2-3-5-15/h6-7,13H,2-5H2,1H3. The average Bonchev–Trinajstić information content (AvgIpc) is 2.96. The van der Waals surface area contributed by atoms with Crippen molar-refractivity contribution < 1.29 is 4.79 Å². The highest BCUT2D eigenvalue weighted by atomic mass is 16.2. The van der Waals surface area contributed by atoms with Crippen LogP contribution in [0.5, 0.6) is 0 Å². The van der Waals surface area contributed by atoms with E-state index in [1.165, 1.54) is 10.6 Å². The third-order valence-corrected chi connectivity index (χ3v) is 3.25. The van der Waals surface area contributed by atoms with Crippen LogP contribution in [0.4, 0.5) is 0 Å². The zero-order chi connectivity index (χ0) is 12.7. The van der Waals surface area contributed by atoms with Crippen LogP contribution in [-0.2, 0) is 0 Å². The summed E-state index contributed by atoms with van der Waals surface area (Å²) < 4.78 is 1.30. The quantitative estimate of drug-likeness (QED) is 0.799. The molecule has 6 nitrogen and oxygen atoms in total. The molecular weight excluding hydrogens is 232 g/mol. The van der Waals surface area contributed by atoms with E-state index in [0.29, 0.717) is 16.9 Å². The Labute approximate surface area is 103 Å². The van der Waals surface area contributed by atoms with E-state index in [0.717, 1.165) is 25.9 Å². The summed E-state index contributed by atoms with van der Waals surface area (Å²) in [5.74, 6) is -0.0521. The summed E-state index contributed by atoms with van der Waals surface area (Å²) in [5, 5.41) is 2.78. The van der Waals surface area contributed by atoms with Gasteiger partial charge in [0, 0.05) is 31.0 Å². The zero-order valence-electron chi connectivity index (χ0n) is 10.1. The SMILES string of the molecule is Cc1cc(=O)n2[nH]cc(C(=O)N3CCCC3)c2n1. The van der Waals surface area contributed by atoms with Crippen molar-refractivity contribution >= 4 is 11.6 Å². The van der Waals surface area contributed by atoms with Crippen molar-refractivity contribution in [2.75, 3.05) is 13.1 Å². The molecule has 0 bridgehead atoms.